The summed E-state index contributed by atoms with van der Waals surface area (Å²) in [5.41, 5.74) is 1.26. The predicted molar refractivity (Wildman–Crippen MR) is 72.5 cm³/mol. The van der Waals surface area contributed by atoms with Crippen LogP contribution in [0.15, 0.2) is 12.1 Å². The molecule has 100 valence electrons. The van der Waals surface area contributed by atoms with Gasteiger partial charge in [0.25, 0.3) is 0 Å². The van der Waals surface area contributed by atoms with Crippen molar-refractivity contribution >= 4 is 17.6 Å². The van der Waals surface area contributed by atoms with E-state index in [2.05, 4.69) is 0 Å². The number of halogens is 1. The van der Waals surface area contributed by atoms with Crippen molar-refractivity contribution in [2.75, 3.05) is 6.61 Å². The van der Waals surface area contributed by atoms with Crippen molar-refractivity contribution in [2.45, 2.75) is 40.2 Å². The highest BCUT2D eigenvalue weighted by molar-refractivity contribution is 6.31. The van der Waals surface area contributed by atoms with E-state index in [4.69, 9.17) is 21.1 Å². The van der Waals surface area contributed by atoms with Crippen molar-refractivity contribution in [2.24, 2.45) is 0 Å². The van der Waals surface area contributed by atoms with Gasteiger partial charge in [0.15, 0.2) is 0 Å². The molecule has 0 unspecified atom stereocenters. The van der Waals surface area contributed by atoms with Crippen molar-refractivity contribution in [3.63, 3.8) is 0 Å². The van der Waals surface area contributed by atoms with Gasteiger partial charge in [-0.2, -0.15) is 0 Å². The molecule has 0 heterocycles. The molecule has 0 aliphatic rings. The second kappa shape index (κ2) is 6.64. The van der Waals surface area contributed by atoms with Gasteiger partial charge in [-0.1, -0.05) is 18.5 Å². The molecular weight excluding hydrogens is 252 g/mol. The molecule has 0 spiro atoms. The zero-order valence-corrected chi connectivity index (χ0v) is 12.0. The first kappa shape index (κ1) is 14.8. The normalized spacial score (nSPS) is 10.6. The average Bonchev–Trinajstić information content (AvgIpc) is 2.29. The van der Waals surface area contributed by atoms with Gasteiger partial charge in [-0.05, 0) is 44.9 Å². The number of hydrogen-bond donors (Lipinski definition) is 0. The first-order chi connectivity index (χ1) is 8.45. The van der Waals surface area contributed by atoms with E-state index in [9.17, 15) is 4.79 Å². The fraction of sp³-hybridized carbons (Fsp3) is 0.500. The van der Waals surface area contributed by atoms with Crippen LogP contribution < -0.4 is 4.74 Å². The lowest BCUT2D eigenvalue weighted by Crippen LogP contribution is -2.13. The zero-order valence-electron chi connectivity index (χ0n) is 11.2. The summed E-state index contributed by atoms with van der Waals surface area (Å²) in [6.45, 7) is 8.05. The van der Waals surface area contributed by atoms with Crippen LogP contribution in [-0.4, -0.2) is 18.7 Å². The Morgan fingerprint density at radius 2 is 2.06 bits per heavy atom. The van der Waals surface area contributed by atoms with Gasteiger partial charge in [0, 0.05) is 5.02 Å². The summed E-state index contributed by atoms with van der Waals surface area (Å²) in [4.78, 5) is 11.9. The molecule has 1 rings (SSSR count). The summed E-state index contributed by atoms with van der Waals surface area (Å²) < 4.78 is 10.7. The van der Waals surface area contributed by atoms with Gasteiger partial charge in [0.1, 0.15) is 11.3 Å². The first-order valence-electron chi connectivity index (χ1n) is 6.09. The summed E-state index contributed by atoms with van der Waals surface area (Å²) in [7, 11) is 0. The molecule has 0 aliphatic heterocycles. The molecule has 3 nitrogen and oxygen atoms in total. The number of benzene rings is 1. The quantitative estimate of drug-likeness (QED) is 0.759. The second-order valence-corrected chi connectivity index (χ2v) is 4.81. The van der Waals surface area contributed by atoms with Crippen molar-refractivity contribution < 1.29 is 14.3 Å². The summed E-state index contributed by atoms with van der Waals surface area (Å²) >= 11 is 6.04. The van der Waals surface area contributed by atoms with Crippen molar-refractivity contribution in [3.8, 4) is 5.75 Å². The minimum absolute atomic E-state index is 0.170. The molecule has 0 aliphatic carbocycles. The zero-order chi connectivity index (χ0) is 13.7. The van der Waals surface area contributed by atoms with E-state index >= 15 is 0 Å². The fourth-order valence-corrected chi connectivity index (χ4v) is 1.59. The summed E-state index contributed by atoms with van der Waals surface area (Å²) in [5, 5.41) is 0.537. The monoisotopic (exact) mass is 270 g/mol. The molecule has 0 bridgehead atoms. The molecule has 0 amide bonds. The first-order valence-corrected chi connectivity index (χ1v) is 6.47. The van der Waals surface area contributed by atoms with Crippen LogP contribution in [0.4, 0.5) is 0 Å². The molecule has 1 aromatic rings. The SMILES string of the molecule is CCCOc1cc(C)c(Cl)cc1C(=O)OC(C)C. The maximum atomic E-state index is 11.9. The third kappa shape index (κ3) is 3.91. The Hall–Kier alpha value is -1.22. The number of hydrogen-bond acceptors (Lipinski definition) is 3. The second-order valence-electron chi connectivity index (χ2n) is 4.40. The minimum Gasteiger partial charge on any atom is -0.493 e. The molecule has 0 atom stereocenters. The number of aryl methyl sites for hydroxylation is 1. The lowest BCUT2D eigenvalue weighted by Gasteiger charge is -2.14. The van der Waals surface area contributed by atoms with Crippen LogP contribution in [0.25, 0.3) is 0 Å². The number of rotatable bonds is 5. The Morgan fingerprint density at radius 3 is 2.61 bits per heavy atom. The Kier molecular flexibility index (Phi) is 5.48. The van der Waals surface area contributed by atoms with Crippen LogP contribution >= 0.6 is 11.6 Å². The molecule has 0 N–H and O–H groups in total. The van der Waals surface area contributed by atoms with Gasteiger partial charge >= 0.3 is 5.97 Å². The van der Waals surface area contributed by atoms with Crippen molar-refractivity contribution in [3.05, 3.63) is 28.3 Å². The highest BCUT2D eigenvalue weighted by atomic mass is 35.5. The van der Waals surface area contributed by atoms with E-state index in [-0.39, 0.29) is 6.10 Å². The van der Waals surface area contributed by atoms with E-state index in [1.165, 1.54) is 0 Å². The molecular formula is C14H19ClO3. The van der Waals surface area contributed by atoms with E-state index in [0.29, 0.717) is 22.9 Å². The van der Waals surface area contributed by atoms with Crippen molar-refractivity contribution in [1.82, 2.24) is 0 Å². The standard InChI is InChI=1S/C14H19ClO3/c1-5-6-17-13-7-10(4)12(15)8-11(13)14(16)18-9(2)3/h7-9H,5-6H2,1-4H3. The van der Waals surface area contributed by atoms with Crippen LogP contribution in [0.5, 0.6) is 5.75 Å². The molecule has 0 fully saturated rings. The maximum Gasteiger partial charge on any atom is 0.342 e. The van der Waals surface area contributed by atoms with Crippen LogP contribution in [-0.2, 0) is 4.74 Å². The molecule has 0 saturated carbocycles. The average molecular weight is 271 g/mol. The number of carbonyl (C=O) groups excluding carboxylic acids is 1. The highest BCUT2D eigenvalue weighted by Gasteiger charge is 2.17. The Morgan fingerprint density at radius 1 is 1.39 bits per heavy atom. The van der Waals surface area contributed by atoms with E-state index in [1.54, 1.807) is 26.0 Å². The van der Waals surface area contributed by atoms with E-state index in [0.717, 1.165) is 12.0 Å². The molecule has 18 heavy (non-hydrogen) atoms. The van der Waals surface area contributed by atoms with Gasteiger partial charge in [-0.15, -0.1) is 0 Å². The van der Waals surface area contributed by atoms with E-state index < -0.39 is 5.97 Å². The Bertz CT molecular complexity index is 427. The highest BCUT2D eigenvalue weighted by Crippen LogP contribution is 2.27. The summed E-state index contributed by atoms with van der Waals surface area (Å²) in [5.74, 6) is 0.127. The third-order valence-electron chi connectivity index (χ3n) is 2.29. The number of esters is 1. The smallest absolute Gasteiger partial charge is 0.342 e. The third-order valence-corrected chi connectivity index (χ3v) is 2.69. The van der Waals surface area contributed by atoms with Crippen LogP contribution in [0.3, 0.4) is 0 Å². The molecule has 0 saturated heterocycles. The molecule has 4 heteroatoms. The number of carbonyl (C=O) groups is 1. The molecule has 0 aromatic heterocycles. The fourth-order valence-electron chi connectivity index (χ4n) is 1.42. The minimum atomic E-state index is -0.405. The van der Waals surface area contributed by atoms with Gasteiger partial charge in [0.2, 0.25) is 0 Å². The van der Waals surface area contributed by atoms with Gasteiger partial charge in [-0.25, -0.2) is 4.79 Å². The Balaban J connectivity index is 3.06. The van der Waals surface area contributed by atoms with Crippen molar-refractivity contribution in [1.29, 1.82) is 0 Å². The Labute approximate surface area is 113 Å². The molecule has 0 radical (unpaired) electrons. The lowest BCUT2D eigenvalue weighted by molar-refractivity contribution is 0.0373. The largest absolute Gasteiger partial charge is 0.493 e. The van der Waals surface area contributed by atoms with Gasteiger partial charge in [0.05, 0.1) is 12.7 Å². The maximum absolute atomic E-state index is 11.9. The summed E-state index contributed by atoms with van der Waals surface area (Å²) in [6.07, 6.45) is 0.706. The number of ether oxygens (including phenoxy) is 2. The van der Waals surface area contributed by atoms with Crippen LogP contribution in [0.2, 0.25) is 5.02 Å². The topological polar surface area (TPSA) is 35.5 Å². The van der Waals surface area contributed by atoms with E-state index in [1.807, 2.05) is 13.8 Å². The van der Waals surface area contributed by atoms with Crippen LogP contribution in [0, 0.1) is 6.92 Å². The van der Waals surface area contributed by atoms with Gasteiger partial charge < -0.3 is 9.47 Å². The summed E-state index contributed by atoms with van der Waals surface area (Å²) in [6, 6.07) is 3.38. The predicted octanol–water partition coefficient (Wildman–Crippen LogP) is 4.00. The van der Waals surface area contributed by atoms with Gasteiger partial charge in [-0.3, -0.25) is 0 Å². The van der Waals surface area contributed by atoms with Crippen LogP contribution in [0.1, 0.15) is 43.1 Å². The molecule has 1 aromatic carbocycles. The lowest BCUT2D eigenvalue weighted by atomic mass is 10.1.